The molecule has 0 radical (unpaired) electrons. The van der Waals surface area contributed by atoms with Crippen molar-refractivity contribution in [1.29, 1.82) is 0 Å². The number of hydrogen-bond donors (Lipinski definition) is 2. The summed E-state index contributed by atoms with van der Waals surface area (Å²) in [5.41, 5.74) is 2.45. The average molecular weight is 412 g/mol. The van der Waals surface area contributed by atoms with Gasteiger partial charge in [-0.25, -0.2) is 18.9 Å². The molecule has 10 heteroatoms. The van der Waals surface area contributed by atoms with E-state index >= 15 is 0 Å². The second kappa shape index (κ2) is 7.13. The molecule has 0 unspecified atom stereocenters. The number of aliphatic hydroxyl groups excluding tert-OH is 1. The Hall–Kier alpha value is -3.40. The molecule has 2 aliphatic heterocycles. The summed E-state index contributed by atoms with van der Waals surface area (Å²) in [7, 11) is 0. The summed E-state index contributed by atoms with van der Waals surface area (Å²) >= 11 is 0. The lowest BCUT2D eigenvalue weighted by Crippen LogP contribution is -2.41. The second-order valence-electron chi connectivity index (χ2n) is 7.47. The van der Waals surface area contributed by atoms with Gasteiger partial charge < -0.3 is 24.8 Å². The summed E-state index contributed by atoms with van der Waals surface area (Å²) in [6, 6.07) is 0.958. The molecule has 9 nitrogen and oxygen atoms in total. The third-order valence-corrected chi connectivity index (χ3v) is 5.30. The van der Waals surface area contributed by atoms with Gasteiger partial charge in [0.15, 0.2) is 17.2 Å². The molecule has 30 heavy (non-hydrogen) atoms. The first-order valence-electron chi connectivity index (χ1n) is 9.65. The first kappa shape index (κ1) is 18.6. The van der Waals surface area contributed by atoms with Crippen LogP contribution in [-0.2, 0) is 6.54 Å². The maximum absolute atomic E-state index is 14.0. The highest BCUT2D eigenvalue weighted by molar-refractivity contribution is 5.75. The molecule has 0 saturated carbocycles. The zero-order valence-electron chi connectivity index (χ0n) is 16.4. The Labute approximate surface area is 171 Å². The number of nitrogens with zero attached hydrogens (tertiary/aromatic N) is 5. The van der Waals surface area contributed by atoms with Gasteiger partial charge in [-0.3, -0.25) is 0 Å². The van der Waals surface area contributed by atoms with Crippen molar-refractivity contribution < 1.29 is 19.0 Å². The lowest BCUT2D eigenvalue weighted by Gasteiger charge is -2.35. The summed E-state index contributed by atoms with van der Waals surface area (Å²) < 4.78 is 27.4. The van der Waals surface area contributed by atoms with Crippen LogP contribution in [0.25, 0.3) is 11.3 Å². The fourth-order valence-corrected chi connectivity index (χ4v) is 3.69. The first-order valence-corrected chi connectivity index (χ1v) is 9.65. The van der Waals surface area contributed by atoms with E-state index in [1.165, 1.54) is 6.07 Å². The minimum absolute atomic E-state index is 0.00779. The van der Waals surface area contributed by atoms with Crippen LogP contribution in [0.3, 0.4) is 0 Å². The number of hydrogen-bond acceptors (Lipinski definition) is 8. The minimum atomic E-state index is -0.450. The predicted octanol–water partition coefficient (Wildman–Crippen LogP) is 1.36. The van der Waals surface area contributed by atoms with Gasteiger partial charge in [-0.2, -0.15) is 5.10 Å². The van der Waals surface area contributed by atoms with Gasteiger partial charge in [0.25, 0.3) is 0 Å². The molecule has 0 fully saturated rings. The topological polar surface area (TPSA) is 97.0 Å². The molecule has 2 N–H and O–H groups in total. The van der Waals surface area contributed by atoms with Crippen LogP contribution in [0.1, 0.15) is 18.1 Å². The number of nitrogens with one attached hydrogen (secondary N) is 1. The second-order valence-corrected chi connectivity index (χ2v) is 7.47. The largest absolute Gasteiger partial charge is 0.486 e. The van der Waals surface area contributed by atoms with Gasteiger partial charge in [0.2, 0.25) is 5.88 Å². The number of ether oxygens (including phenoxy) is 2. The van der Waals surface area contributed by atoms with E-state index in [0.29, 0.717) is 53.1 Å². The summed E-state index contributed by atoms with van der Waals surface area (Å²) in [5, 5.41) is 17.3. The average Bonchev–Trinajstić information content (AvgIpc) is 3.15. The summed E-state index contributed by atoms with van der Waals surface area (Å²) in [6.07, 6.45) is 4.56. The standard InChI is InChI=1S/C20H21FN6O3/c1-11-9-29-17-7-27-18-16(5-23-27)12(2)24-15(8-28)10-30-20-13(3-14(21)4-22-20)6-26(11)19(17)25-18/h3-5,7,11,15,24,28H,2,6,8-10H2,1H3/t11-,15+/m1/s1. The monoisotopic (exact) mass is 412 g/mol. The van der Waals surface area contributed by atoms with Crippen LogP contribution in [0.2, 0.25) is 0 Å². The predicted molar refractivity (Wildman–Crippen MR) is 107 cm³/mol. The van der Waals surface area contributed by atoms with E-state index < -0.39 is 11.9 Å². The highest BCUT2D eigenvalue weighted by Crippen LogP contribution is 2.35. The summed E-state index contributed by atoms with van der Waals surface area (Å²) in [6.45, 7) is 6.82. The zero-order valence-corrected chi connectivity index (χ0v) is 16.4. The number of pyridine rings is 1. The first-order chi connectivity index (χ1) is 14.5. The van der Waals surface area contributed by atoms with Crippen molar-refractivity contribution in [3.8, 4) is 11.6 Å². The van der Waals surface area contributed by atoms with Gasteiger partial charge >= 0.3 is 0 Å². The van der Waals surface area contributed by atoms with Crippen LogP contribution >= 0.6 is 0 Å². The Kier molecular flexibility index (Phi) is 4.43. The van der Waals surface area contributed by atoms with Crippen LogP contribution in [0, 0.1) is 5.82 Å². The molecule has 3 aromatic heterocycles. The summed E-state index contributed by atoms with van der Waals surface area (Å²) in [4.78, 5) is 11.0. The molecule has 2 bridgehead atoms. The molecule has 3 aromatic rings. The van der Waals surface area contributed by atoms with E-state index in [9.17, 15) is 9.50 Å². The van der Waals surface area contributed by atoms with E-state index in [-0.39, 0.29) is 19.3 Å². The Morgan fingerprint density at radius 1 is 1.33 bits per heavy atom. The van der Waals surface area contributed by atoms with Crippen LogP contribution < -0.4 is 19.7 Å². The van der Waals surface area contributed by atoms with Crippen LogP contribution in [0.5, 0.6) is 11.6 Å². The maximum Gasteiger partial charge on any atom is 0.218 e. The molecular formula is C20H21FN6O3. The van der Waals surface area contributed by atoms with Crippen molar-refractivity contribution in [1.82, 2.24) is 24.9 Å². The highest BCUT2D eigenvalue weighted by atomic mass is 19.1. The van der Waals surface area contributed by atoms with E-state index in [1.54, 1.807) is 16.9 Å². The number of aliphatic hydroxyl groups is 1. The molecule has 156 valence electrons. The van der Waals surface area contributed by atoms with Gasteiger partial charge in [-0.1, -0.05) is 6.58 Å². The van der Waals surface area contributed by atoms with Crippen molar-refractivity contribution in [2.45, 2.75) is 25.6 Å². The van der Waals surface area contributed by atoms with Crippen molar-refractivity contribution in [2.75, 3.05) is 24.7 Å². The lowest BCUT2D eigenvalue weighted by molar-refractivity contribution is 0.189. The minimum Gasteiger partial charge on any atom is -0.486 e. The Morgan fingerprint density at radius 2 is 2.20 bits per heavy atom. The van der Waals surface area contributed by atoms with Crippen molar-refractivity contribution in [2.24, 2.45) is 0 Å². The van der Waals surface area contributed by atoms with E-state index in [0.717, 1.165) is 6.20 Å². The van der Waals surface area contributed by atoms with Gasteiger partial charge in [0, 0.05) is 11.3 Å². The molecule has 5 heterocycles. The summed E-state index contributed by atoms with van der Waals surface area (Å²) in [5.74, 6) is 1.08. The Morgan fingerprint density at radius 3 is 3.03 bits per heavy atom. The molecule has 5 rings (SSSR count). The number of fused-ring (bicyclic) bond motifs is 1. The maximum atomic E-state index is 14.0. The molecular weight excluding hydrogens is 391 g/mol. The van der Waals surface area contributed by atoms with Crippen LogP contribution in [0.4, 0.5) is 10.2 Å². The van der Waals surface area contributed by atoms with Gasteiger partial charge in [-0.05, 0) is 13.0 Å². The number of anilines is 1. The number of aromatic nitrogens is 4. The molecule has 0 aromatic carbocycles. The molecule has 0 aliphatic carbocycles. The fraction of sp³-hybridized carbons (Fsp3) is 0.350. The van der Waals surface area contributed by atoms with E-state index in [2.05, 4.69) is 22.0 Å². The number of rotatable bonds is 1. The molecule has 0 spiro atoms. The Bertz CT molecular complexity index is 1130. The highest BCUT2D eigenvalue weighted by Gasteiger charge is 2.29. The van der Waals surface area contributed by atoms with Crippen LogP contribution in [0.15, 0.2) is 31.2 Å². The third kappa shape index (κ3) is 3.09. The normalized spacial score (nSPS) is 21.0. The molecule has 2 atom stereocenters. The SMILES string of the molecule is C=C1N[C@@H](CO)COc2ncc(F)cc2CN2c3nc4c1cnn4cc3OC[C@H]2C. The van der Waals surface area contributed by atoms with Gasteiger partial charge in [0.1, 0.15) is 19.0 Å². The van der Waals surface area contributed by atoms with E-state index in [1.807, 2.05) is 11.8 Å². The van der Waals surface area contributed by atoms with Crippen LogP contribution in [-0.4, -0.2) is 56.6 Å². The van der Waals surface area contributed by atoms with Gasteiger partial charge in [-0.15, -0.1) is 0 Å². The smallest absolute Gasteiger partial charge is 0.218 e. The third-order valence-electron chi connectivity index (χ3n) is 5.30. The zero-order chi connectivity index (χ0) is 20.8. The molecule has 0 saturated heterocycles. The van der Waals surface area contributed by atoms with E-state index in [4.69, 9.17) is 14.5 Å². The molecule has 2 aliphatic rings. The quantitative estimate of drug-likeness (QED) is 0.619. The number of halogens is 1. The van der Waals surface area contributed by atoms with Gasteiger partial charge in [0.05, 0.1) is 49.4 Å². The Balaban J connectivity index is 1.69. The van der Waals surface area contributed by atoms with Crippen molar-refractivity contribution in [3.05, 3.63) is 48.2 Å². The van der Waals surface area contributed by atoms with Crippen molar-refractivity contribution >= 4 is 17.2 Å². The molecule has 0 amide bonds. The van der Waals surface area contributed by atoms with Crippen molar-refractivity contribution in [3.63, 3.8) is 0 Å². The fourth-order valence-electron chi connectivity index (χ4n) is 3.69. The lowest BCUT2D eigenvalue weighted by atomic mass is 10.2.